The van der Waals surface area contributed by atoms with E-state index >= 15 is 0 Å². The number of amides is 1. The van der Waals surface area contributed by atoms with E-state index in [-0.39, 0.29) is 13.0 Å². The molecule has 0 aliphatic carbocycles. The summed E-state index contributed by atoms with van der Waals surface area (Å²) >= 11 is 0. The average molecular weight is 221 g/mol. The summed E-state index contributed by atoms with van der Waals surface area (Å²) in [5.74, 6) is -2.01. The first-order valence-electron chi connectivity index (χ1n) is 4.54. The number of ether oxygens (including phenoxy) is 1. The van der Waals surface area contributed by atoms with Crippen molar-refractivity contribution in [3.05, 3.63) is 0 Å². The third-order valence-electron chi connectivity index (χ3n) is 1.30. The van der Waals surface area contributed by atoms with Gasteiger partial charge in [-0.05, 0) is 20.8 Å². The van der Waals surface area contributed by atoms with Crippen LogP contribution in [0.2, 0.25) is 0 Å². The Bertz CT molecular complexity index is 237. The molecule has 1 amide bonds. The molecule has 0 heterocycles. The fraction of sp³-hybridized carbons (Fsp3) is 0.778. The molecule has 0 bridgehead atoms. The summed E-state index contributed by atoms with van der Waals surface area (Å²) in [6.45, 7) is 4.74. The van der Waals surface area contributed by atoms with Gasteiger partial charge in [-0.3, -0.25) is 9.59 Å². The molecule has 0 aromatic carbocycles. The number of carbonyl (C=O) groups excluding carboxylic acids is 1. The molecule has 2 N–H and O–H groups in total. The van der Waals surface area contributed by atoms with Crippen molar-refractivity contribution in [2.24, 2.45) is 0 Å². The van der Waals surface area contributed by atoms with Crippen LogP contribution in [0.15, 0.2) is 0 Å². The van der Waals surface area contributed by atoms with Gasteiger partial charge in [-0.2, -0.15) is 0 Å². The molecule has 1 atom stereocenters. The van der Waals surface area contributed by atoms with Crippen LogP contribution >= 0.6 is 0 Å². The third-order valence-corrected chi connectivity index (χ3v) is 1.30. The average Bonchev–Trinajstić information content (AvgIpc) is 1.99. The van der Waals surface area contributed by atoms with Gasteiger partial charge < -0.3 is 15.2 Å². The minimum atomic E-state index is -2.07. The predicted molar refractivity (Wildman–Crippen MR) is 51.0 cm³/mol. The minimum Gasteiger partial charge on any atom is -0.481 e. The lowest BCUT2D eigenvalue weighted by Gasteiger charge is -2.21. The van der Waals surface area contributed by atoms with E-state index in [0.717, 1.165) is 0 Å². The summed E-state index contributed by atoms with van der Waals surface area (Å²) < 4.78 is 17.8. The fourth-order valence-electron chi connectivity index (χ4n) is 0.737. The number of hydrogen-bond acceptors (Lipinski definition) is 3. The Labute approximate surface area is 87.6 Å². The molecule has 0 saturated carbocycles. The molecule has 0 aliphatic rings. The lowest BCUT2D eigenvalue weighted by atomic mass is 10.2. The number of halogens is 1. The molecule has 0 aliphatic heterocycles. The highest BCUT2D eigenvalue weighted by Gasteiger charge is 2.24. The van der Waals surface area contributed by atoms with Crippen LogP contribution in [0.3, 0.4) is 0 Å². The second-order valence-corrected chi connectivity index (χ2v) is 3.98. The molecule has 0 aromatic heterocycles. The Balaban J connectivity index is 3.85. The van der Waals surface area contributed by atoms with Crippen molar-refractivity contribution in [2.75, 3.05) is 6.54 Å². The van der Waals surface area contributed by atoms with Gasteiger partial charge in [0.2, 0.25) is 0 Å². The highest BCUT2D eigenvalue weighted by atomic mass is 19.1. The van der Waals surface area contributed by atoms with E-state index in [4.69, 9.17) is 9.84 Å². The first-order chi connectivity index (χ1) is 6.72. The van der Waals surface area contributed by atoms with Crippen LogP contribution in [0.4, 0.5) is 4.39 Å². The second kappa shape index (κ2) is 5.65. The van der Waals surface area contributed by atoms with Gasteiger partial charge in [-0.15, -0.1) is 0 Å². The maximum atomic E-state index is 13.0. The zero-order chi connectivity index (χ0) is 12.1. The topological polar surface area (TPSA) is 75.6 Å². The largest absolute Gasteiger partial charge is 0.481 e. The molecule has 1 unspecified atom stereocenters. The number of alkyl halides is 1. The maximum Gasteiger partial charge on any atom is 0.305 e. The zero-order valence-electron chi connectivity index (χ0n) is 9.04. The van der Waals surface area contributed by atoms with Gasteiger partial charge in [0.1, 0.15) is 0 Å². The van der Waals surface area contributed by atoms with Gasteiger partial charge in [-0.1, -0.05) is 0 Å². The van der Waals surface area contributed by atoms with Gasteiger partial charge >= 0.3 is 5.97 Å². The van der Waals surface area contributed by atoms with E-state index in [1.54, 1.807) is 20.8 Å². The van der Waals surface area contributed by atoms with E-state index in [1.165, 1.54) is 0 Å². The number of nitrogens with one attached hydrogen (secondary N) is 1. The number of carboxylic acids is 1. The van der Waals surface area contributed by atoms with Crippen LogP contribution in [-0.4, -0.2) is 35.5 Å². The molecule has 0 spiro atoms. The summed E-state index contributed by atoms with van der Waals surface area (Å²) in [5, 5.41) is 10.4. The highest BCUT2D eigenvalue weighted by molar-refractivity contribution is 5.79. The second-order valence-electron chi connectivity index (χ2n) is 3.98. The van der Waals surface area contributed by atoms with Crippen molar-refractivity contribution in [3.63, 3.8) is 0 Å². The van der Waals surface area contributed by atoms with Gasteiger partial charge in [0, 0.05) is 6.54 Å². The van der Waals surface area contributed by atoms with Crippen molar-refractivity contribution in [2.45, 2.75) is 39.2 Å². The highest BCUT2D eigenvalue weighted by Crippen LogP contribution is 2.11. The van der Waals surface area contributed by atoms with Crippen LogP contribution in [-0.2, 0) is 14.3 Å². The Hall–Kier alpha value is -1.17. The van der Waals surface area contributed by atoms with E-state index in [9.17, 15) is 14.0 Å². The van der Waals surface area contributed by atoms with E-state index < -0.39 is 23.8 Å². The van der Waals surface area contributed by atoms with Crippen LogP contribution in [0, 0.1) is 0 Å². The quantitative estimate of drug-likeness (QED) is 0.716. The van der Waals surface area contributed by atoms with Crippen LogP contribution in [0.5, 0.6) is 0 Å². The Morgan fingerprint density at radius 1 is 1.47 bits per heavy atom. The summed E-state index contributed by atoms with van der Waals surface area (Å²) in [5.41, 5.74) is -0.760. The maximum absolute atomic E-state index is 13.0. The first-order valence-corrected chi connectivity index (χ1v) is 4.54. The van der Waals surface area contributed by atoms with Crippen molar-refractivity contribution in [1.82, 2.24) is 5.32 Å². The number of carbonyl (C=O) groups is 2. The van der Waals surface area contributed by atoms with Crippen LogP contribution in [0.25, 0.3) is 0 Å². The molecule has 0 fully saturated rings. The van der Waals surface area contributed by atoms with E-state index in [1.807, 2.05) is 0 Å². The standard InChI is InChI=1S/C9H16FNO4/c1-9(2,3)15-7(10)8(14)11-5-4-6(12)13/h7H,4-5H2,1-3H3,(H,11,14)(H,12,13). The lowest BCUT2D eigenvalue weighted by molar-refractivity contribution is -0.162. The van der Waals surface area contributed by atoms with Crippen LogP contribution in [0.1, 0.15) is 27.2 Å². The summed E-state index contributed by atoms with van der Waals surface area (Å²) in [4.78, 5) is 21.1. The summed E-state index contributed by atoms with van der Waals surface area (Å²) in [7, 11) is 0. The van der Waals surface area contributed by atoms with Gasteiger partial charge in [-0.25, -0.2) is 4.39 Å². The summed E-state index contributed by atoms with van der Waals surface area (Å²) in [6, 6.07) is 0. The smallest absolute Gasteiger partial charge is 0.305 e. The molecule has 6 heteroatoms. The molecule has 0 radical (unpaired) electrons. The minimum absolute atomic E-state index is 0.109. The van der Waals surface area contributed by atoms with Crippen molar-refractivity contribution in [3.8, 4) is 0 Å². The number of hydrogen-bond donors (Lipinski definition) is 2. The normalized spacial score (nSPS) is 13.3. The molecule has 88 valence electrons. The Morgan fingerprint density at radius 2 is 2.00 bits per heavy atom. The number of carboxylic acid groups (broad SMARTS) is 1. The molecule has 5 nitrogen and oxygen atoms in total. The molecule has 0 saturated heterocycles. The molecule has 15 heavy (non-hydrogen) atoms. The Kier molecular flexibility index (Phi) is 5.21. The molecule has 0 aromatic rings. The van der Waals surface area contributed by atoms with E-state index in [0.29, 0.717) is 0 Å². The van der Waals surface area contributed by atoms with Gasteiger partial charge in [0.05, 0.1) is 12.0 Å². The summed E-state index contributed by atoms with van der Waals surface area (Å²) in [6.07, 6.45) is -2.31. The predicted octanol–water partition coefficient (Wildman–Crippen LogP) is 0.688. The van der Waals surface area contributed by atoms with Crippen molar-refractivity contribution in [1.29, 1.82) is 0 Å². The van der Waals surface area contributed by atoms with Crippen molar-refractivity contribution >= 4 is 11.9 Å². The third kappa shape index (κ3) is 7.87. The first kappa shape index (κ1) is 13.8. The molecule has 0 rings (SSSR count). The fourth-order valence-corrected chi connectivity index (χ4v) is 0.737. The molecular formula is C9H16FNO4. The number of rotatable bonds is 5. The lowest BCUT2D eigenvalue weighted by Crippen LogP contribution is -2.38. The van der Waals surface area contributed by atoms with Crippen molar-refractivity contribution < 1.29 is 23.8 Å². The molecular weight excluding hydrogens is 205 g/mol. The van der Waals surface area contributed by atoms with Gasteiger partial charge in [0.25, 0.3) is 12.3 Å². The monoisotopic (exact) mass is 221 g/mol. The number of aliphatic carboxylic acids is 1. The van der Waals surface area contributed by atoms with Crippen LogP contribution < -0.4 is 5.32 Å². The van der Waals surface area contributed by atoms with Gasteiger partial charge in [0.15, 0.2) is 0 Å². The van der Waals surface area contributed by atoms with E-state index in [2.05, 4.69) is 5.32 Å². The Morgan fingerprint density at radius 3 is 2.40 bits per heavy atom. The SMILES string of the molecule is CC(C)(C)OC(F)C(=O)NCCC(=O)O. The zero-order valence-corrected chi connectivity index (χ0v) is 9.04.